The summed E-state index contributed by atoms with van der Waals surface area (Å²) in [6.45, 7) is 11.7. The van der Waals surface area contributed by atoms with Crippen LogP contribution in [0.4, 0.5) is 4.39 Å². The molecule has 1 saturated carbocycles. The van der Waals surface area contributed by atoms with Crippen molar-refractivity contribution >= 4 is 51.9 Å². The third kappa shape index (κ3) is 5.15. The zero-order valence-corrected chi connectivity index (χ0v) is 29.0. The minimum atomic E-state index is -0.869. The van der Waals surface area contributed by atoms with E-state index in [1.54, 1.807) is 18.3 Å². The van der Waals surface area contributed by atoms with E-state index in [0.29, 0.717) is 33.8 Å². The van der Waals surface area contributed by atoms with Crippen molar-refractivity contribution in [2.75, 3.05) is 13.1 Å². The van der Waals surface area contributed by atoms with Gasteiger partial charge in [-0.2, -0.15) is 0 Å². The number of piperazine rings is 1. The molecular weight excluding hydrogens is 646 g/mol. The fraction of sp³-hybridized carbons (Fsp3) is 0.529. The van der Waals surface area contributed by atoms with Crippen LogP contribution in [0, 0.1) is 11.7 Å². The van der Waals surface area contributed by atoms with Crippen molar-refractivity contribution in [3.05, 3.63) is 74.3 Å². The maximum Gasteiger partial charge on any atom is 0.263 e. The van der Waals surface area contributed by atoms with Crippen LogP contribution in [0.1, 0.15) is 77.5 Å². The maximum atomic E-state index is 15.0. The standard InChI is InChI=1S/C34H39Cl2FN6O2S/c1-18(2)27-28(31(45)42-19(3)6-10-25(42)30(44)41-17-34(12-13-34)39-15-20(41)4)46-32-40-33(5,22-8-11-26(36)38-16-22)29(43(27)32)21-7-9-23(35)24(37)14-21/h7-9,11,14,16,18-20,25,29,39H,6,10,12-13,15,17H2,1-5H3/t19-,20-,25+,29-,33+/m1/s1. The van der Waals surface area contributed by atoms with Crippen LogP contribution >= 0.6 is 35.0 Å². The Morgan fingerprint density at radius 1 is 1.11 bits per heavy atom. The quantitative estimate of drug-likeness (QED) is 0.362. The molecule has 2 amide bonds. The van der Waals surface area contributed by atoms with E-state index in [2.05, 4.69) is 36.0 Å². The first-order valence-corrected chi connectivity index (χ1v) is 17.7. The van der Waals surface area contributed by atoms with Crippen molar-refractivity contribution < 1.29 is 14.0 Å². The van der Waals surface area contributed by atoms with Crippen LogP contribution in [0.2, 0.25) is 10.2 Å². The van der Waals surface area contributed by atoms with Crippen LogP contribution in [0.25, 0.3) is 0 Å². The number of hydrogen-bond donors (Lipinski definition) is 1. The number of allylic oxidation sites excluding steroid dienone is 1. The fourth-order valence-electron chi connectivity index (χ4n) is 7.66. The third-order valence-corrected chi connectivity index (χ3v) is 12.0. The molecule has 46 heavy (non-hydrogen) atoms. The van der Waals surface area contributed by atoms with Crippen molar-refractivity contribution in [1.82, 2.24) is 25.0 Å². The van der Waals surface area contributed by atoms with Gasteiger partial charge in [-0.3, -0.25) is 9.59 Å². The van der Waals surface area contributed by atoms with Gasteiger partial charge in [-0.25, -0.2) is 14.4 Å². The Bertz CT molecular complexity index is 1660. The number of fused-ring (bicyclic) bond motifs is 1. The molecule has 2 aromatic rings. The lowest BCUT2D eigenvalue weighted by Crippen LogP contribution is -2.62. The van der Waals surface area contributed by atoms with E-state index in [1.807, 2.05) is 35.8 Å². The number of hydrogen-bond acceptors (Lipinski definition) is 7. The zero-order chi connectivity index (χ0) is 32.7. The molecule has 0 unspecified atom stereocenters. The average molecular weight is 686 g/mol. The summed E-state index contributed by atoms with van der Waals surface area (Å²) in [7, 11) is 0. The van der Waals surface area contributed by atoms with Crippen molar-refractivity contribution in [3.63, 3.8) is 0 Å². The van der Waals surface area contributed by atoms with E-state index in [-0.39, 0.29) is 40.4 Å². The summed E-state index contributed by atoms with van der Waals surface area (Å²) in [4.78, 5) is 44.9. The number of thioether (sulfide) groups is 1. The molecule has 5 aliphatic rings. The summed E-state index contributed by atoms with van der Waals surface area (Å²) < 4.78 is 15.0. The number of carbonyl (C=O) groups is 2. The van der Waals surface area contributed by atoms with Crippen LogP contribution in [-0.2, 0) is 15.1 Å². The van der Waals surface area contributed by atoms with Gasteiger partial charge in [-0.15, -0.1) is 0 Å². The molecule has 3 fully saturated rings. The van der Waals surface area contributed by atoms with Gasteiger partial charge in [-0.1, -0.05) is 49.2 Å². The Balaban J connectivity index is 1.27. The molecule has 1 aliphatic carbocycles. The molecule has 12 heteroatoms. The number of aromatic nitrogens is 1. The number of rotatable bonds is 5. The number of halogens is 3. The van der Waals surface area contributed by atoms with Crippen LogP contribution in [0.3, 0.4) is 0 Å². The number of amides is 2. The van der Waals surface area contributed by atoms with Crippen molar-refractivity contribution in [2.45, 2.75) is 95.5 Å². The number of pyridine rings is 1. The Hall–Kier alpha value is -2.66. The lowest BCUT2D eigenvalue weighted by atomic mass is 9.81. The highest BCUT2D eigenvalue weighted by Gasteiger charge is 2.55. The molecule has 1 spiro atoms. The number of likely N-dealkylation sites (tertiary alicyclic amines) is 1. The monoisotopic (exact) mass is 684 g/mol. The summed E-state index contributed by atoms with van der Waals surface area (Å²) in [6.07, 6.45) is 5.27. The Kier molecular flexibility index (Phi) is 7.98. The molecule has 1 aromatic heterocycles. The molecule has 7 rings (SSSR count). The van der Waals surface area contributed by atoms with Gasteiger partial charge in [0.15, 0.2) is 5.17 Å². The van der Waals surface area contributed by atoms with E-state index in [0.717, 1.165) is 37.1 Å². The second-order valence-corrected chi connectivity index (χ2v) is 15.7. The minimum absolute atomic E-state index is 0.0363. The highest BCUT2D eigenvalue weighted by molar-refractivity contribution is 8.18. The number of benzene rings is 1. The average Bonchev–Trinajstić information content (AvgIpc) is 3.34. The Labute approximate surface area is 283 Å². The van der Waals surface area contributed by atoms with E-state index in [4.69, 9.17) is 28.2 Å². The number of nitrogens with zero attached hydrogens (tertiary/aromatic N) is 5. The molecule has 8 nitrogen and oxygen atoms in total. The van der Waals surface area contributed by atoms with Gasteiger partial charge in [0.2, 0.25) is 5.91 Å². The van der Waals surface area contributed by atoms with Gasteiger partial charge in [-0.05, 0) is 87.9 Å². The van der Waals surface area contributed by atoms with Crippen LogP contribution in [0.5, 0.6) is 0 Å². The summed E-state index contributed by atoms with van der Waals surface area (Å²) in [5.74, 6) is -0.693. The molecule has 1 aromatic carbocycles. The molecule has 4 aliphatic heterocycles. The Morgan fingerprint density at radius 3 is 2.52 bits per heavy atom. The second-order valence-electron chi connectivity index (χ2n) is 14.0. The second kappa shape index (κ2) is 11.5. The van der Waals surface area contributed by atoms with E-state index in [9.17, 15) is 9.59 Å². The molecule has 0 radical (unpaired) electrons. The molecule has 0 bridgehead atoms. The lowest BCUT2D eigenvalue weighted by Gasteiger charge is -2.42. The van der Waals surface area contributed by atoms with E-state index >= 15 is 4.39 Å². The van der Waals surface area contributed by atoms with Crippen LogP contribution in [-0.4, -0.2) is 73.4 Å². The SMILES string of the molecule is CC(C)C1=C(C(=O)N2[C@H](C)CC[C@H]2C(=O)N2CC3(CC3)NC[C@H]2C)SC2=N[C@@](C)(c3ccc(Cl)nc3)[C@@H](c3ccc(Cl)c(F)c3)N21. The summed E-state index contributed by atoms with van der Waals surface area (Å²) >= 11 is 13.6. The number of aliphatic imine (C=N–C) groups is 1. The predicted molar refractivity (Wildman–Crippen MR) is 180 cm³/mol. The highest BCUT2D eigenvalue weighted by Crippen LogP contribution is 2.56. The first-order chi connectivity index (χ1) is 21.8. The summed E-state index contributed by atoms with van der Waals surface area (Å²) in [6, 6.07) is 7.43. The van der Waals surface area contributed by atoms with Crippen LogP contribution in [0.15, 0.2) is 52.1 Å². The topological polar surface area (TPSA) is 81.1 Å². The van der Waals surface area contributed by atoms with Crippen molar-refractivity contribution in [1.29, 1.82) is 0 Å². The number of amidine groups is 1. The van der Waals surface area contributed by atoms with Crippen molar-refractivity contribution in [3.8, 4) is 0 Å². The zero-order valence-electron chi connectivity index (χ0n) is 26.7. The molecule has 5 heterocycles. The van der Waals surface area contributed by atoms with E-state index in [1.165, 1.54) is 17.8 Å². The first-order valence-electron chi connectivity index (χ1n) is 16.1. The molecular formula is C34H39Cl2FN6O2S. The predicted octanol–water partition coefficient (Wildman–Crippen LogP) is 6.50. The van der Waals surface area contributed by atoms with Gasteiger partial charge >= 0.3 is 0 Å². The smallest absolute Gasteiger partial charge is 0.263 e. The summed E-state index contributed by atoms with van der Waals surface area (Å²) in [5.41, 5.74) is 1.48. The van der Waals surface area contributed by atoms with Crippen LogP contribution < -0.4 is 5.32 Å². The normalized spacial score (nSPS) is 30.0. The van der Waals surface area contributed by atoms with Gasteiger partial charge in [0.05, 0.1) is 11.1 Å². The molecule has 1 N–H and O–H groups in total. The maximum absolute atomic E-state index is 15.0. The fourth-order valence-corrected chi connectivity index (χ4v) is 9.24. The van der Waals surface area contributed by atoms with Crippen molar-refractivity contribution in [2.24, 2.45) is 10.9 Å². The molecule has 244 valence electrons. The lowest BCUT2D eigenvalue weighted by molar-refractivity contribution is -0.145. The minimum Gasteiger partial charge on any atom is -0.335 e. The largest absolute Gasteiger partial charge is 0.335 e. The number of nitrogens with one attached hydrogen (secondary N) is 1. The first kappa shape index (κ1) is 31.9. The highest BCUT2D eigenvalue weighted by atomic mass is 35.5. The van der Waals surface area contributed by atoms with Gasteiger partial charge < -0.3 is 20.0 Å². The van der Waals surface area contributed by atoms with Gasteiger partial charge in [0.25, 0.3) is 5.91 Å². The molecule has 5 atom stereocenters. The van der Waals surface area contributed by atoms with Gasteiger partial charge in [0.1, 0.15) is 27.5 Å². The Morgan fingerprint density at radius 2 is 1.87 bits per heavy atom. The molecule has 2 saturated heterocycles. The van der Waals surface area contributed by atoms with Gasteiger partial charge in [0, 0.05) is 48.2 Å². The third-order valence-electron chi connectivity index (χ3n) is 10.4. The summed E-state index contributed by atoms with van der Waals surface area (Å²) in [5, 5.41) is 4.68. The van der Waals surface area contributed by atoms with E-state index < -0.39 is 23.4 Å². The number of carbonyl (C=O) groups excluding carboxylic acids is 2.